The topological polar surface area (TPSA) is 24.5 Å². The number of benzene rings is 1. The molecule has 1 N–H and O–H groups in total. The molecule has 0 saturated carbocycles. The first-order valence-electron chi connectivity index (χ1n) is 6.00. The van der Waals surface area contributed by atoms with Gasteiger partial charge in [-0.15, -0.1) is 0 Å². The van der Waals surface area contributed by atoms with Crippen LogP contribution in [0.4, 0.5) is 11.4 Å². The van der Waals surface area contributed by atoms with E-state index in [0.717, 1.165) is 18.9 Å². The lowest BCUT2D eigenvalue weighted by Gasteiger charge is -2.29. The first kappa shape index (κ1) is 9.82. The van der Waals surface area contributed by atoms with E-state index in [1.807, 2.05) is 0 Å². The molecule has 1 aromatic rings. The van der Waals surface area contributed by atoms with E-state index in [0.29, 0.717) is 12.1 Å². The van der Waals surface area contributed by atoms with Crippen molar-refractivity contribution in [2.24, 2.45) is 0 Å². The highest BCUT2D eigenvalue weighted by molar-refractivity contribution is 5.83. The summed E-state index contributed by atoms with van der Waals surface area (Å²) in [7, 11) is 0. The van der Waals surface area contributed by atoms with E-state index in [1.165, 1.54) is 16.9 Å². The molecule has 0 radical (unpaired) electrons. The summed E-state index contributed by atoms with van der Waals surface area (Å²) in [5.41, 5.74) is 3.83. The predicted octanol–water partition coefficient (Wildman–Crippen LogP) is 2.78. The summed E-state index contributed by atoms with van der Waals surface area (Å²) in [6, 6.07) is 4.45. The van der Waals surface area contributed by atoms with Crippen LogP contribution in [-0.2, 0) is 0 Å². The molecule has 2 aliphatic rings. The number of hydrogen-bond acceptors (Lipinski definition) is 3. The zero-order chi connectivity index (χ0) is 11.3. The summed E-state index contributed by atoms with van der Waals surface area (Å²) < 4.78 is 5.77. The normalized spacial score (nSPS) is 21.8. The largest absolute Gasteiger partial charge is 0.489 e. The van der Waals surface area contributed by atoms with Crippen molar-refractivity contribution < 1.29 is 4.74 Å². The summed E-state index contributed by atoms with van der Waals surface area (Å²) in [4.78, 5) is 2.39. The fourth-order valence-electron chi connectivity index (χ4n) is 2.53. The van der Waals surface area contributed by atoms with Crippen LogP contribution in [0.25, 0.3) is 0 Å². The predicted molar refractivity (Wildman–Crippen MR) is 66.5 cm³/mol. The highest BCUT2D eigenvalue weighted by Gasteiger charge is 2.32. The molecule has 86 valence electrons. The van der Waals surface area contributed by atoms with Gasteiger partial charge in [-0.1, -0.05) is 13.8 Å². The summed E-state index contributed by atoms with van der Waals surface area (Å²) in [5, 5.41) is 3.52. The first-order valence-corrected chi connectivity index (χ1v) is 6.00. The minimum Gasteiger partial charge on any atom is -0.489 e. The Morgan fingerprint density at radius 3 is 3.00 bits per heavy atom. The summed E-state index contributed by atoms with van der Waals surface area (Å²) >= 11 is 0. The van der Waals surface area contributed by atoms with Gasteiger partial charge < -0.3 is 15.0 Å². The van der Waals surface area contributed by atoms with E-state index in [2.05, 4.69) is 43.1 Å². The van der Waals surface area contributed by atoms with Crippen LogP contribution in [0.1, 0.15) is 32.3 Å². The maximum Gasteiger partial charge on any atom is 0.145 e. The molecule has 0 saturated heterocycles. The van der Waals surface area contributed by atoms with Crippen molar-refractivity contribution in [1.29, 1.82) is 0 Å². The van der Waals surface area contributed by atoms with Crippen LogP contribution in [0.15, 0.2) is 12.1 Å². The molecule has 0 spiro atoms. The number of rotatable bonds is 1. The van der Waals surface area contributed by atoms with E-state index in [4.69, 9.17) is 4.74 Å². The van der Waals surface area contributed by atoms with Crippen LogP contribution >= 0.6 is 0 Å². The number of anilines is 2. The van der Waals surface area contributed by atoms with Crippen molar-refractivity contribution >= 4 is 11.4 Å². The molecular formula is C13H18N2O. The van der Waals surface area contributed by atoms with Gasteiger partial charge in [-0.25, -0.2) is 0 Å². The molecular weight excluding hydrogens is 200 g/mol. The highest BCUT2D eigenvalue weighted by Crippen LogP contribution is 2.45. The van der Waals surface area contributed by atoms with Crippen LogP contribution in [0, 0.1) is 0 Å². The molecule has 3 rings (SSSR count). The molecule has 16 heavy (non-hydrogen) atoms. The summed E-state index contributed by atoms with van der Waals surface area (Å²) in [6.07, 6.45) is 0.389. The smallest absolute Gasteiger partial charge is 0.145 e. The van der Waals surface area contributed by atoms with Crippen molar-refractivity contribution in [3.63, 3.8) is 0 Å². The standard InChI is InChI=1S/C13H18N2O/c1-8(2)10-6-11-13-12(7-10)16-5-4-15(13)9(3)14-11/h6-9,14H,4-5H2,1-3H3. The minimum absolute atomic E-state index is 0.389. The molecule has 0 bridgehead atoms. The van der Waals surface area contributed by atoms with Gasteiger partial charge in [0.25, 0.3) is 0 Å². The van der Waals surface area contributed by atoms with Crippen molar-refractivity contribution in [2.75, 3.05) is 23.4 Å². The number of nitrogens with zero attached hydrogens (tertiary/aromatic N) is 1. The Labute approximate surface area is 96.4 Å². The lowest BCUT2D eigenvalue weighted by molar-refractivity contribution is 0.306. The Balaban J connectivity index is 2.14. The molecule has 1 unspecified atom stereocenters. The second kappa shape index (κ2) is 3.30. The maximum atomic E-state index is 5.77. The van der Waals surface area contributed by atoms with Crippen LogP contribution in [0.3, 0.4) is 0 Å². The highest BCUT2D eigenvalue weighted by atomic mass is 16.5. The van der Waals surface area contributed by atoms with Gasteiger partial charge in [0.15, 0.2) is 0 Å². The molecule has 0 aliphatic carbocycles. The molecule has 3 heteroatoms. The summed E-state index contributed by atoms with van der Waals surface area (Å²) in [6.45, 7) is 8.40. The fourth-order valence-corrected chi connectivity index (χ4v) is 2.53. The van der Waals surface area contributed by atoms with Crippen LogP contribution in [0.5, 0.6) is 5.75 Å². The molecule has 2 aliphatic heterocycles. The Bertz CT molecular complexity index is 428. The number of ether oxygens (including phenoxy) is 1. The first-order chi connectivity index (χ1) is 7.66. The molecule has 2 heterocycles. The quantitative estimate of drug-likeness (QED) is 0.784. The average Bonchev–Trinajstić information content (AvgIpc) is 2.58. The lowest BCUT2D eigenvalue weighted by atomic mass is 10.0. The average molecular weight is 218 g/mol. The van der Waals surface area contributed by atoms with Crippen molar-refractivity contribution in [2.45, 2.75) is 32.9 Å². The zero-order valence-electron chi connectivity index (χ0n) is 10.1. The van der Waals surface area contributed by atoms with Gasteiger partial charge in [-0.2, -0.15) is 0 Å². The molecule has 1 atom stereocenters. The van der Waals surface area contributed by atoms with Gasteiger partial charge in [0.1, 0.15) is 18.0 Å². The Kier molecular flexibility index (Phi) is 2.03. The molecule has 0 fully saturated rings. The summed E-state index contributed by atoms with van der Waals surface area (Å²) in [5.74, 6) is 1.59. The van der Waals surface area contributed by atoms with Gasteiger partial charge in [-0.3, -0.25) is 0 Å². The Hall–Kier alpha value is -1.38. The van der Waals surface area contributed by atoms with Gasteiger partial charge in [0.2, 0.25) is 0 Å². The zero-order valence-corrected chi connectivity index (χ0v) is 10.1. The van der Waals surface area contributed by atoms with E-state index in [1.54, 1.807) is 0 Å². The molecule has 1 aromatic carbocycles. The molecule has 0 amide bonds. The monoisotopic (exact) mass is 218 g/mol. The van der Waals surface area contributed by atoms with Crippen molar-refractivity contribution in [1.82, 2.24) is 0 Å². The molecule has 0 aromatic heterocycles. The van der Waals surface area contributed by atoms with Gasteiger partial charge in [-0.05, 0) is 30.5 Å². The van der Waals surface area contributed by atoms with E-state index in [-0.39, 0.29) is 0 Å². The van der Waals surface area contributed by atoms with E-state index >= 15 is 0 Å². The van der Waals surface area contributed by atoms with Crippen LogP contribution in [0.2, 0.25) is 0 Å². The third kappa shape index (κ3) is 1.27. The van der Waals surface area contributed by atoms with Gasteiger partial charge in [0.05, 0.1) is 18.4 Å². The SMILES string of the molecule is CC(C)c1cc2c3c(c1)OCCN3C(C)N2. The fraction of sp³-hybridized carbons (Fsp3) is 0.538. The third-order valence-electron chi connectivity index (χ3n) is 3.47. The van der Waals surface area contributed by atoms with Crippen molar-refractivity contribution in [3.05, 3.63) is 17.7 Å². The van der Waals surface area contributed by atoms with E-state index < -0.39 is 0 Å². The second-order valence-corrected chi connectivity index (χ2v) is 4.93. The third-order valence-corrected chi connectivity index (χ3v) is 3.47. The second-order valence-electron chi connectivity index (χ2n) is 4.93. The molecule has 3 nitrogen and oxygen atoms in total. The van der Waals surface area contributed by atoms with Crippen LogP contribution < -0.4 is 15.0 Å². The minimum atomic E-state index is 0.389. The lowest BCUT2D eigenvalue weighted by Crippen LogP contribution is -2.38. The number of hydrogen-bond donors (Lipinski definition) is 1. The van der Waals surface area contributed by atoms with Crippen LogP contribution in [-0.4, -0.2) is 19.3 Å². The van der Waals surface area contributed by atoms with Gasteiger partial charge >= 0.3 is 0 Å². The van der Waals surface area contributed by atoms with Gasteiger partial charge in [0, 0.05) is 0 Å². The van der Waals surface area contributed by atoms with Crippen molar-refractivity contribution in [3.8, 4) is 5.75 Å². The van der Waals surface area contributed by atoms with E-state index in [9.17, 15) is 0 Å². The maximum absolute atomic E-state index is 5.77. The Morgan fingerprint density at radius 1 is 1.44 bits per heavy atom. The Morgan fingerprint density at radius 2 is 2.25 bits per heavy atom. The number of nitrogens with one attached hydrogen (secondary N) is 1.